The Kier molecular flexibility index (Phi) is 7.58. The van der Waals surface area contributed by atoms with Crippen molar-refractivity contribution in [2.24, 2.45) is 5.92 Å². The van der Waals surface area contributed by atoms with E-state index in [-0.39, 0.29) is 5.75 Å². The van der Waals surface area contributed by atoms with Crippen LogP contribution >= 0.6 is 11.6 Å². The Balaban J connectivity index is 1.80. The molecular formula is C21H28ClNO. The molecule has 130 valence electrons. The van der Waals surface area contributed by atoms with Crippen molar-refractivity contribution in [3.8, 4) is 5.75 Å². The molecule has 0 fully saturated rings. The molecular weight excluding hydrogens is 318 g/mol. The first-order chi connectivity index (χ1) is 11.6. The number of hydrogen-bond donors (Lipinski definition) is 1. The third kappa shape index (κ3) is 5.52. The van der Waals surface area contributed by atoms with Gasteiger partial charge in [0.05, 0.1) is 5.02 Å². The molecule has 2 aromatic rings. The van der Waals surface area contributed by atoms with Gasteiger partial charge < -0.3 is 5.11 Å². The fourth-order valence-corrected chi connectivity index (χ4v) is 3.16. The smallest absolute Gasteiger partial charge is 0.149 e. The van der Waals surface area contributed by atoms with Crippen molar-refractivity contribution < 1.29 is 5.11 Å². The van der Waals surface area contributed by atoms with Crippen LogP contribution in [0.4, 0.5) is 0 Å². The van der Waals surface area contributed by atoms with Crippen LogP contribution in [0.2, 0.25) is 5.02 Å². The largest absolute Gasteiger partial charge is 0.505 e. The van der Waals surface area contributed by atoms with Crippen molar-refractivity contribution in [2.45, 2.75) is 58.8 Å². The highest BCUT2D eigenvalue weighted by Gasteiger charge is 2.09. The molecule has 0 aliphatic heterocycles. The van der Waals surface area contributed by atoms with E-state index in [9.17, 15) is 5.11 Å². The zero-order valence-electron chi connectivity index (χ0n) is 14.8. The number of fused-ring (bicyclic) bond motifs is 1. The standard InChI is InChI=1S/C21H28ClNO/c1-16(2)11-8-6-4-3-5-7-9-12-17-15-19(22)18-13-10-14-23-20(18)21(17)24/h9-10,12-16,24H,3-8,11H2,1-2H3. The van der Waals surface area contributed by atoms with Gasteiger partial charge in [-0.3, -0.25) is 4.98 Å². The number of unbranched alkanes of at least 4 members (excludes halogenated alkanes) is 5. The molecule has 24 heavy (non-hydrogen) atoms. The van der Waals surface area contributed by atoms with Crippen molar-refractivity contribution in [3.63, 3.8) is 0 Å². The first kappa shape index (κ1) is 18.8. The Morgan fingerprint density at radius 2 is 1.92 bits per heavy atom. The fraction of sp³-hybridized carbons (Fsp3) is 0.476. The number of allylic oxidation sites excluding steroid dienone is 1. The van der Waals surface area contributed by atoms with Crippen LogP contribution in [-0.2, 0) is 0 Å². The number of nitrogens with zero attached hydrogens (tertiary/aromatic N) is 1. The molecule has 0 aliphatic rings. The van der Waals surface area contributed by atoms with Crippen LogP contribution in [0.1, 0.15) is 64.4 Å². The van der Waals surface area contributed by atoms with Gasteiger partial charge in [-0.05, 0) is 37.0 Å². The van der Waals surface area contributed by atoms with E-state index in [0.29, 0.717) is 10.5 Å². The van der Waals surface area contributed by atoms with Crippen LogP contribution < -0.4 is 0 Å². The predicted molar refractivity (Wildman–Crippen MR) is 105 cm³/mol. The number of aromatic nitrogens is 1. The molecule has 1 N–H and O–H groups in total. The van der Waals surface area contributed by atoms with E-state index in [1.807, 2.05) is 24.3 Å². The topological polar surface area (TPSA) is 33.1 Å². The van der Waals surface area contributed by atoms with Crippen molar-refractivity contribution >= 4 is 28.6 Å². The Labute approximate surface area is 150 Å². The Morgan fingerprint density at radius 3 is 2.71 bits per heavy atom. The second-order valence-electron chi connectivity index (χ2n) is 6.84. The molecule has 1 aromatic heterocycles. The predicted octanol–water partition coefficient (Wildman–Crippen LogP) is 6.99. The quantitative estimate of drug-likeness (QED) is 0.496. The second-order valence-corrected chi connectivity index (χ2v) is 7.24. The maximum atomic E-state index is 10.3. The SMILES string of the molecule is CC(C)CCCCCCCC=Cc1cc(Cl)c2cccnc2c1O. The monoisotopic (exact) mass is 345 g/mol. The normalized spacial score (nSPS) is 11.8. The average molecular weight is 346 g/mol. The summed E-state index contributed by atoms with van der Waals surface area (Å²) in [6.45, 7) is 4.57. The lowest BCUT2D eigenvalue weighted by Crippen LogP contribution is -1.87. The zero-order valence-corrected chi connectivity index (χ0v) is 15.5. The van der Waals surface area contributed by atoms with Gasteiger partial charge in [0.25, 0.3) is 0 Å². The molecule has 0 amide bonds. The van der Waals surface area contributed by atoms with Gasteiger partial charge in [0.15, 0.2) is 0 Å². The van der Waals surface area contributed by atoms with Crippen LogP contribution in [0, 0.1) is 5.92 Å². The van der Waals surface area contributed by atoms with Crippen LogP contribution in [0.3, 0.4) is 0 Å². The Hall–Kier alpha value is -1.54. The second kappa shape index (κ2) is 9.68. The minimum atomic E-state index is 0.208. The van der Waals surface area contributed by atoms with Gasteiger partial charge in [-0.1, -0.05) is 69.7 Å². The lowest BCUT2D eigenvalue weighted by atomic mass is 10.0. The number of benzene rings is 1. The van der Waals surface area contributed by atoms with Gasteiger partial charge in [0, 0.05) is 17.1 Å². The molecule has 0 atom stereocenters. The number of aromatic hydroxyl groups is 1. The zero-order chi connectivity index (χ0) is 17.4. The molecule has 0 bridgehead atoms. The maximum Gasteiger partial charge on any atom is 0.149 e. The van der Waals surface area contributed by atoms with Crippen molar-refractivity contribution in [3.05, 3.63) is 41.1 Å². The van der Waals surface area contributed by atoms with E-state index in [1.165, 1.54) is 38.5 Å². The van der Waals surface area contributed by atoms with Gasteiger partial charge in [0.2, 0.25) is 0 Å². The summed E-state index contributed by atoms with van der Waals surface area (Å²) in [5.41, 5.74) is 1.30. The van der Waals surface area contributed by atoms with Gasteiger partial charge in [-0.25, -0.2) is 0 Å². The average Bonchev–Trinajstić information content (AvgIpc) is 2.57. The van der Waals surface area contributed by atoms with E-state index >= 15 is 0 Å². The molecule has 0 unspecified atom stereocenters. The Morgan fingerprint density at radius 1 is 1.17 bits per heavy atom. The lowest BCUT2D eigenvalue weighted by Gasteiger charge is -2.06. The summed E-state index contributed by atoms with van der Waals surface area (Å²) < 4.78 is 0. The molecule has 0 saturated carbocycles. The lowest BCUT2D eigenvalue weighted by molar-refractivity contribution is 0.479. The molecule has 3 heteroatoms. The van der Waals surface area contributed by atoms with E-state index in [1.54, 1.807) is 6.20 Å². The van der Waals surface area contributed by atoms with Gasteiger partial charge in [-0.15, -0.1) is 0 Å². The molecule has 1 aromatic carbocycles. The van der Waals surface area contributed by atoms with E-state index in [2.05, 4.69) is 24.9 Å². The van der Waals surface area contributed by atoms with Gasteiger partial charge in [-0.2, -0.15) is 0 Å². The van der Waals surface area contributed by atoms with E-state index in [4.69, 9.17) is 11.6 Å². The molecule has 0 aliphatic carbocycles. The summed E-state index contributed by atoms with van der Waals surface area (Å²) in [6.07, 6.45) is 14.6. The van der Waals surface area contributed by atoms with Crippen LogP contribution in [-0.4, -0.2) is 10.1 Å². The fourth-order valence-electron chi connectivity index (χ4n) is 2.89. The molecule has 2 rings (SSSR count). The number of phenolic OH excluding ortho intramolecular Hbond substituents is 1. The van der Waals surface area contributed by atoms with Crippen LogP contribution in [0.15, 0.2) is 30.5 Å². The molecule has 0 spiro atoms. The number of pyridine rings is 1. The third-order valence-electron chi connectivity index (χ3n) is 4.29. The summed E-state index contributed by atoms with van der Waals surface area (Å²) in [6, 6.07) is 5.50. The van der Waals surface area contributed by atoms with Crippen LogP contribution in [0.25, 0.3) is 17.0 Å². The highest BCUT2D eigenvalue weighted by atomic mass is 35.5. The number of halogens is 1. The minimum Gasteiger partial charge on any atom is -0.505 e. The summed E-state index contributed by atoms with van der Waals surface area (Å²) in [7, 11) is 0. The van der Waals surface area contributed by atoms with Gasteiger partial charge in [0.1, 0.15) is 11.3 Å². The number of phenols is 1. The number of rotatable bonds is 9. The first-order valence-corrected chi connectivity index (χ1v) is 9.40. The molecule has 0 saturated heterocycles. The summed E-state index contributed by atoms with van der Waals surface area (Å²) in [5.74, 6) is 1.03. The maximum absolute atomic E-state index is 10.3. The highest BCUT2D eigenvalue weighted by molar-refractivity contribution is 6.35. The van der Waals surface area contributed by atoms with Gasteiger partial charge >= 0.3 is 0 Å². The third-order valence-corrected chi connectivity index (χ3v) is 4.61. The molecule has 0 radical (unpaired) electrons. The Bertz CT molecular complexity index is 679. The van der Waals surface area contributed by atoms with Crippen molar-refractivity contribution in [2.75, 3.05) is 0 Å². The highest BCUT2D eigenvalue weighted by Crippen LogP contribution is 2.33. The van der Waals surface area contributed by atoms with E-state index in [0.717, 1.165) is 23.3 Å². The summed E-state index contributed by atoms with van der Waals surface area (Å²) in [4.78, 5) is 4.23. The van der Waals surface area contributed by atoms with Crippen molar-refractivity contribution in [1.29, 1.82) is 0 Å². The minimum absolute atomic E-state index is 0.208. The summed E-state index contributed by atoms with van der Waals surface area (Å²) >= 11 is 6.28. The number of hydrogen-bond acceptors (Lipinski definition) is 2. The molecule has 2 nitrogen and oxygen atoms in total. The van der Waals surface area contributed by atoms with E-state index < -0.39 is 0 Å². The van der Waals surface area contributed by atoms with Crippen LogP contribution in [0.5, 0.6) is 5.75 Å². The molecule has 1 heterocycles. The first-order valence-electron chi connectivity index (χ1n) is 9.02. The van der Waals surface area contributed by atoms with Crippen molar-refractivity contribution in [1.82, 2.24) is 4.98 Å². The summed E-state index contributed by atoms with van der Waals surface area (Å²) in [5, 5.41) is 11.8.